The van der Waals surface area contributed by atoms with Gasteiger partial charge in [0, 0.05) is 49.3 Å². The molecule has 1 aromatic heterocycles. The lowest BCUT2D eigenvalue weighted by Crippen LogP contribution is -2.48. The van der Waals surface area contributed by atoms with E-state index in [1.165, 1.54) is 0 Å². The average molecular weight is 357 g/mol. The lowest BCUT2D eigenvalue weighted by atomic mass is 9.82. The Morgan fingerprint density at radius 1 is 1.20 bits per heavy atom. The van der Waals surface area contributed by atoms with Crippen LogP contribution in [0.4, 0.5) is 0 Å². The van der Waals surface area contributed by atoms with E-state index in [0.29, 0.717) is 24.0 Å². The van der Waals surface area contributed by atoms with E-state index in [1.807, 2.05) is 34.6 Å². The van der Waals surface area contributed by atoms with Crippen LogP contribution in [0, 0.1) is 12.8 Å². The molecule has 4 nitrogen and oxygen atoms in total. The first-order valence-corrected chi connectivity index (χ1v) is 9.07. The number of nitrogens with zero attached hydrogens (tertiary/aromatic N) is 2. The first-order valence-electron chi connectivity index (χ1n) is 8.70. The van der Waals surface area contributed by atoms with Crippen LogP contribution in [-0.4, -0.2) is 28.5 Å². The first kappa shape index (κ1) is 16.4. The number of aromatic nitrogens is 1. The second-order valence-corrected chi connectivity index (χ2v) is 7.66. The van der Waals surface area contributed by atoms with Gasteiger partial charge >= 0.3 is 0 Å². The Morgan fingerprint density at radius 3 is 2.76 bits per heavy atom. The average Bonchev–Trinajstić information content (AvgIpc) is 2.58. The van der Waals surface area contributed by atoms with E-state index in [9.17, 15) is 9.59 Å². The van der Waals surface area contributed by atoms with Gasteiger partial charge in [0.05, 0.1) is 0 Å². The molecule has 2 aliphatic heterocycles. The largest absolute Gasteiger partial charge is 0.342 e. The molecule has 2 aliphatic rings. The third-order valence-electron chi connectivity index (χ3n) is 5.58. The van der Waals surface area contributed by atoms with E-state index in [1.54, 1.807) is 13.0 Å². The topological polar surface area (TPSA) is 42.3 Å². The van der Waals surface area contributed by atoms with Gasteiger partial charge in [-0.05, 0) is 48.1 Å². The number of carbonyl (C=O) groups is 1. The predicted octanol–water partition coefficient (Wildman–Crippen LogP) is 3.44. The van der Waals surface area contributed by atoms with Crippen molar-refractivity contribution in [3.05, 3.63) is 57.0 Å². The molecule has 0 radical (unpaired) electrons. The zero-order chi connectivity index (χ0) is 17.7. The number of hydrogen-bond acceptors (Lipinski definition) is 2. The molecule has 2 bridgehead atoms. The fourth-order valence-electron chi connectivity index (χ4n) is 4.29. The van der Waals surface area contributed by atoms with Crippen molar-refractivity contribution in [2.24, 2.45) is 5.92 Å². The molecule has 2 aromatic rings. The van der Waals surface area contributed by atoms with Crippen LogP contribution in [0.2, 0.25) is 5.02 Å². The number of halogens is 1. The van der Waals surface area contributed by atoms with E-state index in [-0.39, 0.29) is 17.4 Å². The van der Waals surface area contributed by atoms with Crippen molar-refractivity contribution in [2.75, 3.05) is 13.1 Å². The Bertz CT molecular complexity index is 918. The number of piperidine rings is 1. The fourth-order valence-corrected chi connectivity index (χ4v) is 4.47. The maximum Gasteiger partial charge on any atom is 0.251 e. The van der Waals surface area contributed by atoms with Gasteiger partial charge in [-0.25, -0.2) is 0 Å². The van der Waals surface area contributed by atoms with Crippen molar-refractivity contribution < 1.29 is 4.79 Å². The quantitative estimate of drug-likeness (QED) is 0.785. The summed E-state index contributed by atoms with van der Waals surface area (Å²) in [5.41, 5.74) is 3.97. The maximum atomic E-state index is 12.8. The Labute approximate surface area is 152 Å². The molecule has 1 fully saturated rings. The van der Waals surface area contributed by atoms with E-state index in [4.69, 9.17) is 11.6 Å². The Hall–Kier alpha value is -2.07. The van der Waals surface area contributed by atoms with Gasteiger partial charge in [-0.2, -0.15) is 0 Å². The van der Waals surface area contributed by atoms with E-state index in [2.05, 4.69) is 6.07 Å². The molecular weight excluding hydrogens is 336 g/mol. The summed E-state index contributed by atoms with van der Waals surface area (Å²) in [5, 5.41) is 0.704. The number of rotatable bonds is 1. The summed E-state index contributed by atoms with van der Waals surface area (Å²) in [5.74, 6) is 0.711. The summed E-state index contributed by atoms with van der Waals surface area (Å²) in [6.07, 6.45) is 1.04. The number of likely N-dealkylation sites (tertiary alicyclic amines) is 1. The van der Waals surface area contributed by atoms with Gasteiger partial charge in [0.1, 0.15) is 0 Å². The number of benzene rings is 1. The van der Waals surface area contributed by atoms with Crippen LogP contribution in [0.5, 0.6) is 0 Å². The third-order valence-corrected chi connectivity index (χ3v) is 5.99. The molecule has 1 amide bonds. The third kappa shape index (κ3) is 2.78. The fraction of sp³-hybridized carbons (Fsp3) is 0.400. The minimum Gasteiger partial charge on any atom is -0.342 e. The van der Waals surface area contributed by atoms with Gasteiger partial charge in [0.15, 0.2) is 0 Å². The molecule has 1 saturated heterocycles. The molecule has 130 valence electrons. The van der Waals surface area contributed by atoms with Crippen molar-refractivity contribution in [3.8, 4) is 11.1 Å². The number of carbonyl (C=O) groups excluding carboxylic acids is 1. The summed E-state index contributed by atoms with van der Waals surface area (Å²) < 4.78 is 1.90. The highest BCUT2D eigenvalue weighted by Gasteiger charge is 2.35. The second kappa shape index (κ2) is 6.03. The Kier molecular flexibility index (Phi) is 3.95. The van der Waals surface area contributed by atoms with Gasteiger partial charge in [-0.3, -0.25) is 9.59 Å². The molecule has 3 heterocycles. The molecule has 0 unspecified atom stereocenters. The molecule has 0 N–H and O–H groups in total. The molecule has 1 aromatic carbocycles. The van der Waals surface area contributed by atoms with E-state index < -0.39 is 0 Å². The number of fused-ring (bicyclic) bond motifs is 4. The molecule has 0 aliphatic carbocycles. The lowest BCUT2D eigenvalue weighted by Gasteiger charge is -2.42. The summed E-state index contributed by atoms with van der Waals surface area (Å²) in [4.78, 5) is 26.5. The molecule has 2 atom stereocenters. The van der Waals surface area contributed by atoms with Crippen molar-refractivity contribution in [1.29, 1.82) is 0 Å². The minimum atomic E-state index is 0.0397. The van der Waals surface area contributed by atoms with Gasteiger partial charge in [-0.1, -0.05) is 23.7 Å². The van der Waals surface area contributed by atoms with Crippen LogP contribution in [0.15, 0.2) is 35.1 Å². The van der Waals surface area contributed by atoms with Crippen LogP contribution in [-0.2, 0) is 11.3 Å². The standard InChI is InChI=1S/C20H21ClN2O2/c1-12-17(4-3-5-18(12)21)15-7-19-16-6-14(9-22(11-16)13(2)24)10-23(19)20(25)8-15/h3-5,7-8,14,16H,6,9-11H2,1-2H3/t14-,16+/m0/s1. The zero-order valence-electron chi connectivity index (χ0n) is 14.5. The highest BCUT2D eigenvalue weighted by Crippen LogP contribution is 2.37. The van der Waals surface area contributed by atoms with Crippen LogP contribution in [0.3, 0.4) is 0 Å². The van der Waals surface area contributed by atoms with Crippen molar-refractivity contribution in [3.63, 3.8) is 0 Å². The molecule has 5 heteroatoms. The Balaban J connectivity index is 1.82. The maximum absolute atomic E-state index is 12.8. The number of hydrogen-bond donors (Lipinski definition) is 0. The van der Waals surface area contributed by atoms with Crippen molar-refractivity contribution >= 4 is 17.5 Å². The number of amides is 1. The molecule has 25 heavy (non-hydrogen) atoms. The highest BCUT2D eigenvalue weighted by atomic mass is 35.5. The van der Waals surface area contributed by atoms with Crippen LogP contribution in [0.1, 0.15) is 30.5 Å². The minimum absolute atomic E-state index is 0.0397. The monoisotopic (exact) mass is 356 g/mol. The Morgan fingerprint density at radius 2 is 2.00 bits per heavy atom. The normalized spacial score (nSPS) is 21.8. The zero-order valence-corrected chi connectivity index (χ0v) is 15.2. The van der Waals surface area contributed by atoms with Gasteiger partial charge < -0.3 is 9.47 Å². The SMILES string of the molecule is CC(=O)N1C[C@@H]2C[C@H](C1)c1cc(-c3cccc(Cl)c3C)cc(=O)n1C2. The van der Waals surface area contributed by atoms with Crippen molar-refractivity contribution in [1.82, 2.24) is 9.47 Å². The second-order valence-electron chi connectivity index (χ2n) is 7.25. The van der Waals surface area contributed by atoms with Gasteiger partial charge in [-0.15, -0.1) is 0 Å². The summed E-state index contributed by atoms with van der Waals surface area (Å²) >= 11 is 6.26. The van der Waals surface area contributed by atoms with Crippen LogP contribution >= 0.6 is 11.6 Å². The smallest absolute Gasteiger partial charge is 0.251 e. The number of pyridine rings is 1. The van der Waals surface area contributed by atoms with E-state index in [0.717, 1.165) is 35.3 Å². The summed E-state index contributed by atoms with van der Waals surface area (Å²) in [6, 6.07) is 9.61. The molecule has 0 spiro atoms. The molecule has 4 rings (SSSR count). The predicted molar refractivity (Wildman–Crippen MR) is 99.0 cm³/mol. The van der Waals surface area contributed by atoms with E-state index >= 15 is 0 Å². The molecular formula is C20H21ClN2O2. The summed E-state index contributed by atoms with van der Waals surface area (Å²) in [7, 11) is 0. The van der Waals surface area contributed by atoms with Gasteiger partial charge in [0.25, 0.3) is 5.56 Å². The molecule has 0 saturated carbocycles. The lowest BCUT2D eigenvalue weighted by molar-refractivity contribution is -0.131. The van der Waals surface area contributed by atoms with Crippen LogP contribution in [0.25, 0.3) is 11.1 Å². The van der Waals surface area contributed by atoms with Crippen molar-refractivity contribution in [2.45, 2.75) is 32.7 Å². The summed E-state index contributed by atoms with van der Waals surface area (Å²) in [6.45, 7) is 5.75. The highest BCUT2D eigenvalue weighted by molar-refractivity contribution is 6.31. The van der Waals surface area contributed by atoms with Gasteiger partial charge in [0.2, 0.25) is 5.91 Å². The first-order chi connectivity index (χ1) is 11.9. The van der Waals surface area contributed by atoms with Crippen LogP contribution < -0.4 is 5.56 Å².